The molecule has 1 heterocycles. The molecule has 0 aliphatic rings. The predicted octanol–water partition coefficient (Wildman–Crippen LogP) is 2.73. The second-order valence-electron chi connectivity index (χ2n) is 5.76. The number of anilines is 2. The molecular formula is C13H23BrN4. The van der Waals surface area contributed by atoms with Crippen LogP contribution in [0, 0.1) is 12.3 Å². The van der Waals surface area contributed by atoms with E-state index >= 15 is 0 Å². The number of aromatic nitrogens is 1. The first kappa shape index (κ1) is 15.2. The zero-order valence-electron chi connectivity index (χ0n) is 11.8. The molecule has 0 atom stereocenters. The Bertz CT molecular complexity index is 416. The lowest BCUT2D eigenvalue weighted by Gasteiger charge is -2.29. The fourth-order valence-corrected chi connectivity index (χ4v) is 2.42. The molecule has 1 aromatic rings. The van der Waals surface area contributed by atoms with Crippen LogP contribution < -0.4 is 11.1 Å². The molecule has 0 aliphatic carbocycles. The van der Waals surface area contributed by atoms with E-state index in [0.29, 0.717) is 5.69 Å². The van der Waals surface area contributed by atoms with Crippen molar-refractivity contribution >= 4 is 27.4 Å². The summed E-state index contributed by atoms with van der Waals surface area (Å²) in [5.74, 6) is 0.855. The van der Waals surface area contributed by atoms with E-state index in [4.69, 9.17) is 5.73 Å². The maximum absolute atomic E-state index is 5.81. The number of nitrogen functional groups attached to an aromatic ring is 1. The Labute approximate surface area is 118 Å². The minimum atomic E-state index is 0.180. The van der Waals surface area contributed by atoms with Crippen molar-refractivity contribution in [2.75, 3.05) is 38.2 Å². The molecule has 102 valence electrons. The van der Waals surface area contributed by atoms with Gasteiger partial charge in [0.25, 0.3) is 0 Å². The number of hydrogen-bond donors (Lipinski definition) is 2. The summed E-state index contributed by atoms with van der Waals surface area (Å²) < 4.78 is 0.947. The molecule has 5 heteroatoms. The third-order valence-electron chi connectivity index (χ3n) is 2.78. The fraction of sp³-hybridized carbons (Fsp3) is 0.615. The first-order chi connectivity index (χ1) is 8.23. The van der Waals surface area contributed by atoms with Crippen LogP contribution >= 0.6 is 15.9 Å². The van der Waals surface area contributed by atoms with Crippen LogP contribution in [0.15, 0.2) is 10.7 Å². The van der Waals surface area contributed by atoms with Crippen LogP contribution in [0.4, 0.5) is 11.5 Å². The molecule has 0 unspecified atom stereocenters. The van der Waals surface area contributed by atoms with Crippen LogP contribution in [0.5, 0.6) is 0 Å². The molecule has 0 saturated carbocycles. The molecule has 3 N–H and O–H groups in total. The van der Waals surface area contributed by atoms with E-state index in [1.807, 2.05) is 6.92 Å². The molecule has 0 aliphatic heterocycles. The Kier molecular flexibility index (Phi) is 4.99. The zero-order valence-corrected chi connectivity index (χ0v) is 13.4. The highest BCUT2D eigenvalue weighted by molar-refractivity contribution is 9.10. The Morgan fingerprint density at radius 3 is 2.61 bits per heavy atom. The largest absolute Gasteiger partial charge is 0.397 e. The molecular weight excluding hydrogens is 292 g/mol. The summed E-state index contributed by atoms with van der Waals surface area (Å²) >= 11 is 3.53. The van der Waals surface area contributed by atoms with Gasteiger partial charge in [-0.25, -0.2) is 4.98 Å². The van der Waals surface area contributed by atoms with Gasteiger partial charge in [-0.15, -0.1) is 0 Å². The number of nitrogens with one attached hydrogen (secondary N) is 1. The number of rotatable bonds is 5. The Hall–Kier alpha value is -0.810. The summed E-state index contributed by atoms with van der Waals surface area (Å²) in [5, 5.41) is 3.39. The van der Waals surface area contributed by atoms with Crippen LogP contribution in [0.25, 0.3) is 0 Å². The average Bonchev–Trinajstić information content (AvgIpc) is 2.23. The van der Waals surface area contributed by atoms with Gasteiger partial charge in [-0.3, -0.25) is 0 Å². The van der Waals surface area contributed by atoms with Crippen LogP contribution in [0.3, 0.4) is 0 Å². The first-order valence-electron chi connectivity index (χ1n) is 6.02. The summed E-state index contributed by atoms with van der Waals surface area (Å²) in [6.45, 7) is 8.33. The molecule has 18 heavy (non-hydrogen) atoms. The lowest BCUT2D eigenvalue weighted by Crippen LogP contribution is -2.34. The van der Waals surface area contributed by atoms with E-state index in [0.717, 1.165) is 28.9 Å². The molecule has 0 fully saturated rings. The van der Waals surface area contributed by atoms with Crippen molar-refractivity contribution in [1.29, 1.82) is 0 Å². The minimum Gasteiger partial charge on any atom is -0.397 e. The normalized spacial score (nSPS) is 11.9. The quantitative estimate of drug-likeness (QED) is 0.877. The number of halogens is 1. The van der Waals surface area contributed by atoms with Gasteiger partial charge in [0.2, 0.25) is 0 Å². The van der Waals surface area contributed by atoms with Crippen LogP contribution in [0.2, 0.25) is 0 Å². The SMILES string of the molecule is Cc1c(N)cnc(NCC(C)(C)CN(C)C)c1Br. The van der Waals surface area contributed by atoms with Crippen molar-refractivity contribution in [3.8, 4) is 0 Å². The average molecular weight is 315 g/mol. The molecule has 0 radical (unpaired) electrons. The van der Waals surface area contributed by atoms with Crippen molar-refractivity contribution in [3.05, 3.63) is 16.2 Å². The van der Waals surface area contributed by atoms with Crippen molar-refractivity contribution in [1.82, 2.24) is 9.88 Å². The number of nitrogens with zero attached hydrogens (tertiary/aromatic N) is 2. The molecule has 0 aromatic carbocycles. The van der Waals surface area contributed by atoms with Gasteiger partial charge in [0, 0.05) is 13.1 Å². The summed E-state index contributed by atoms with van der Waals surface area (Å²) in [6, 6.07) is 0. The second kappa shape index (κ2) is 5.89. The molecule has 0 saturated heterocycles. The van der Waals surface area contributed by atoms with Gasteiger partial charge < -0.3 is 16.0 Å². The summed E-state index contributed by atoms with van der Waals surface area (Å²) in [7, 11) is 4.17. The minimum absolute atomic E-state index is 0.180. The van der Waals surface area contributed by atoms with E-state index in [1.165, 1.54) is 0 Å². The van der Waals surface area contributed by atoms with E-state index in [1.54, 1.807) is 6.20 Å². The zero-order chi connectivity index (χ0) is 13.9. The molecule has 0 amide bonds. The number of nitrogens with two attached hydrogens (primary N) is 1. The molecule has 0 bridgehead atoms. The first-order valence-corrected chi connectivity index (χ1v) is 6.81. The maximum Gasteiger partial charge on any atom is 0.140 e. The van der Waals surface area contributed by atoms with Gasteiger partial charge in [0.1, 0.15) is 5.82 Å². The lowest BCUT2D eigenvalue weighted by atomic mass is 9.93. The maximum atomic E-state index is 5.81. The van der Waals surface area contributed by atoms with Crippen LogP contribution in [-0.4, -0.2) is 37.1 Å². The second-order valence-corrected chi connectivity index (χ2v) is 6.55. The lowest BCUT2D eigenvalue weighted by molar-refractivity contribution is 0.254. The van der Waals surface area contributed by atoms with E-state index in [9.17, 15) is 0 Å². The van der Waals surface area contributed by atoms with E-state index in [2.05, 4.69) is 59.1 Å². The Morgan fingerprint density at radius 2 is 2.06 bits per heavy atom. The third-order valence-corrected chi connectivity index (χ3v) is 3.75. The summed E-state index contributed by atoms with van der Waals surface area (Å²) in [6.07, 6.45) is 1.70. The van der Waals surface area contributed by atoms with Crippen molar-refractivity contribution in [3.63, 3.8) is 0 Å². The standard InChI is InChI=1S/C13H23BrN4/c1-9-10(15)6-16-12(11(9)14)17-7-13(2,3)8-18(4)5/h6H,7-8,15H2,1-5H3,(H,16,17). The molecule has 0 spiro atoms. The van der Waals surface area contributed by atoms with Gasteiger partial charge >= 0.3 is 0 Å². The smallest absolute Gasteiger partial charge is 0.140 e. The van der Waals surface area contributed by atoms with Crippen molar-refractivity contribution in [2.24, 2.45) is 5.41 Å². The molecule has 1 rings (SSSR count). The van der Waals surface area contributed by atoms with Gasteiger partial charge in [0.15, 0.2) is 0 Å². The van der Waals surface area contributed by atoms with Gasteiger partial charge in [-0.05, 0) is 47.9 Å². The fourth-order valence-electron chi connectivity index (χ4n) is 1.95. The topological polar surface area (TPSA) is 54.2 Å². The van der Waals surface area contributed by atoms with Crippen LogP contribution in [-0.2, 0) is 0 Å². The van der Waals surface area contributed by atoms with Crippen LogP contribution in [0.1, 0.15) is 19.4 Å². The molecule has 4 nitrogen and oxygen atoms in total. The third kappa shape index (κ3) is 4.14. The number of hydrogen-bond acceptors (Lipinski definition) is 4. The highest BCUT2D eigenvalue weighted by Crippen LogP contribution is 2.28. The molecule has 1 aromatic heterocycles. The Balaban J connectivity index is 2.72. The van der Waals surface area contributed by atoms with E-state index < -0.39 is 0 Å². The van der Waals surface area contributed by atoms with E-state index in [-0.39, 0.29) is 5.41 Å². The van der Waals surface area contributed by atoms with Gasteiger partial charge in [-0.2, -0.15) is 0 Å². The van der Waals surface area contributed by atoms with Crippen molar-refractivity contribution < 1.29 is 0 Å². The van der Waals surface area contributed by atoms with Gasteiger partial charge in [0.05, 0.1) is 16.4 Å². The van der Waals surface area contributed by atoms with Gasteiger partial charge in [-0.1, -0.05) is 13.8 Å². The summed E-state index contributed by atoms with van der Waals surface area (Å²) in [5.41, 5.74) is 7.73. The monoisotopic (exact) mass is 314 g/mol. The Morgan fingerprint density at radius 1 is 1.44 bits per heavy atom. The summed E-state index contributed by atoms with van der Waals surface area (Å²) in [4.78, 5) is 6.52. The predicted molar refractivity (Wildman–Crippen MR) is 81.9 cm³/mol. The number of pyridine rings is 1. The highest BCUT2D eigenvalue weighted by Gasteiger charge is 2.19. The van der Waals surface area contributed by atoms with Crippen molar-refractivity contribution in [2.45, 2.75) is 20.8 Å². The highest BCUT2D eigenvalue weighted by atomic mass is 79.9.